The molecule has 2 unspecified atom stereocenters. The van der Waals surface area contributed by atoms with Gasteiger partial charge in [0.05, 0.1) is 0 Å². The van der Waals surface area contributed by atoms with Crippen molar-refractivity contribution in [2.45, 2.75) is 31.8 Å². The minimum absolute atomic E-state index is 0.824. The van der Waals surface area contributed by atoms with Gasteiger partial charge >= 0.3 is 0 Å². The predicted molar refractivity (Wildman–Crippen MR) is 83.6 cm³/mol. The Balaban J connectivity index is 1.68. The minimum Gasteiger partial charge on any atom is -0.296 e. The number of piperidine rings is 2. The second-order valence-electron chi connectivity index (χ2n) is 5.58. The van der Waals surface area contributed by atoms with Crippen molar-refractivity contribution in [1.29, 1.82) is 0 Å². The fourth-order valence-electron chi connectivity index (χ4n) is 3.48. The van der Waals surface area contributed by atoms with Crippen molar-refractivity contribution in [2.24, 2.45) is 5.92 Å². The van der Waals surface area contributed by atoms with E-state index in [1.165, 1.54) is 44.5 Å². The molecule has 2 fully saturated rings. The van der Waals surface area contributed by atoms with E-state index >= 15 is 0 Å². The van der Waals surface area contributed by atoms with Crippen molar-refractivity contribution in [3.8, 4) is 0 Å². The normalized spacial score (nSPS) is 30.1. The summed E-state index contributed by atoms with van der Waals surface area (Å²) in [7, 11) is 0. The smallest absolute Gasteiger partial charge is 0.0236 e. The van der Waals surface area contributed by atoms with Gasteiger partial charge in [-0.25, -0.2) is 3.11 Å². The third-order valence-electron chi connectivity index (χ3n) is 4.36. The molecule has 3 rings (SSSR count). The molecule has 2 nitrogen and oxygen atoms in total. The van der Waals surface area contributed by atoms with Crippen LogP contribution in [-0.4, -0.2) is 33.7 Å². The van der Waals surface area contributed by atoms with E-state index in [0.29, 0.717) is 0 Å². The number of benzene rings is 1. The fraction of sp³-hybridized carbons (Fsp3) is 0.600. The van der Waals surface area contributed by atoms with Gasteiger partial charge in [0.1, 0.15) is 0 Å². The van der Waals surface area contributed by atoms with Crippen LogP contribution in [0.1, 0.15) is 24.8 Å². The van der Waals surface area contributed by atoms with Crippen LogP contribution in [0.3, 0.4) is 0 Å². The molecule has 1 aromatic rings. The molecule has 0 radical (unpaired) electrons. The van der Waals surface area contributed by atoms with E-state index in [0.717, 1.165) is 18.5 Å². The topological polar surface area (TPSA) is 6.48 Å². The van der Waals surface area contributed by atoms with Gasteiger partial charge in [-0.15, -0.1) is 0 Å². The highest BCUT2D eigenvalue weighted by Gasteiger charge is 2.35. The molecule has 0 saturated carbocycles. The van der Waals surface area contributed by atoms with E-state index in [4.69, 9.17) is 0 Å². The van der Waals surface area contributed by atoms with E-state index in [-0.39, 0.29) is 0 Å². The van der Waals surface area contributed by atoms with Crippen LogP contribution in [0.5, 0.6) is 0 Å². The Morgan fingerprint density at radius 1 is 1.11 bits per heavy atom. The summed E-state index contributed by atoms with van der Waals surface area (Å²) in [5.41, 5.74) is 1.47. The van der Waals surface area contributed by atoms with Crippen molar-refractivity contribution in [3.05, 3.63) is 35.9 Å². The fourth-order valence-corrected chi connectivity index (χ4v) is 4.26. The first-order valence-electron chi connectivity index (χ1n) is 7.01. The van der Waals surface area contributed by atoms with Gasteiger partial charge in [0.25, 0.3) is 0 Å². The molecule has 2 heterocycles. The van der Waals surface area contributed by atoms with Crippen LogP contribution < -0.4 is 0 Å². The lowest BCUT2D eigenvalue weighted by atomic mass is 9.84. The monoisotopic (exact) mass is 356 g/mol. The number of hydrogen-bond acceptors (Lipinski definition) is 2. The minimum atomic E-state index is 0.824. The first-order valence-corrected chi connectivity index (χ1v) is 7.98. The summed E-state index contributed by atoms with van der Waals surface area (Å²) >= 11 is 2.49. The van der Waals surface area contributed by atoms with Crippen LogP contribution in [0, 0.1) is 5.92 Å². The molecule has 2 atom stereocenters. The summed E-state index contributed by atoms with van der Waals surface area (Å²) in [6, 6.07) is 11.8. The molecule has 0 aliphatic carbocycles. The molecule has 1 aromatic carbocycles. The van der Waals surface area contributed by atoms with Gasteiger partial charge in [-0.2, -0.15) is 0 Å². The second kappa shape index (κ2) is 5.88. The molecule has 0 spiro atoms. The summed E-state index contributed by atoms with van der Waals surface area (Å²) in [6.07, 6.45) is 4.15. The van der Waals surface area contributed by atoms with Crippen LogP contribution in [0.25, 0.3) is 0 Å². The zero-order valence-corrected chi connectivity index (χ0v) is 12.9. The van der Waals surface area contributed by atoms with Crippen LogP contribution in [0.4, 0.5) is 0 Å². The first kappa shape index (κ1) is 12.9. The van der Waals surface area contributed by atoms with E-state index in [1.54, 1.807) is 0 Å². The van der Waals surface area contributed by atoms with Gasteiger partial charge in [-0.05, 0) is 37.3 Å². The number of likely N-dealkylation sites (tertiary alicyclic amines) is 1. The van der Waals surface area contributed by atoms with Gasteiger partial charge in [0, 0.05) is 48.5 Å². The maximum atomic E-state index is 2.73. The highest BCUT2D eigenvalue weighted by atomic mass is 127. The van der Waals surface area contributed by atoms with Crippen LogP contribution in [-0.2, 0) is 6.54 Å². The molecule has 2 aliphatic heterocycles. The molecule has 0 N–H and O–H groups in total. The zero-order valence-electron chi connectivity index (χ0n) is 10.8. The molecule has 3 heteroatoms. The van der Waals surface area contributed by atoms with Gasteiger partial charge in [-0.1, -0.05) is 30.3 Å². The van der Waals surface area contributed by atoms with Crippen molar-refractivity contribution in [1.82, 2.24) is 8.01 Å². The molecule has 0 amide bonds. The van der Waals surface area contributed by atoms with Crippen molar-refractivity contribution < 1.29 is 0 Å². The molecule has 0 aromatic heterocycles. The molecule has 18 heavy (non-hydrogen) atoms. The summed E-state index contributed by atoms with van der Waals surface area (Å²) in [5.74, 6) is 0.896. The number of nitrogens with zero attached hydrogens (tertiary/aromatic N) is 2. The summed E-state index contributed by atoms with van der Waals surface area (Å²) in [6.45, 7) is 4.98. The molecule has 2 aliphatic rings. The van der Waals surface area contributed by atoms with E-state index in [2.05, 4.69) is 61.2 Å². The maximum Gasteiger partial charge on any atom is 0.0236 e. The number of halogens is 1. The third-order valence-corrected chi connectivity index (χ3v) is 5.24. The lowest BCUT2D eigenvalue weighted by Gasteiger charge is -2.46. The number of fused-ring (bicyclic) bond motifs is 1. The Labute approximate surface area is 124 Å². The SMILES string of the molecule is IN1CCC2C(CCCN2Cc2ccccc2)C1. The van der Waals surface area contributed by atoms with Crippen molar-refractivity contribution in [3.63, 3.8) is 0 Å². The predicted octanol–water partition coefficient (Wildman–Crippen LogP) is 3.32. The molecule has 0 bridgehead atoms. The quantitative estimate of drug-likeness (QED) is 0.593. The van der Waals surface area contributed by atoms with Crippen molar-refractivity contribution >= 4 is 22.9 Å². The molecule has 98 valence electrons. The Hall–Kier alpha value is -0.130. The summed E-state index contributed by atoms with van der Waals surface area (Å²) in [5, 5.41) is 0. The van der Waals surface area contributed by atoms with Crippen LogP contribution in [0.15, 0.2) is 30.3 Å². The average Bonchev–Trinajstić information content (AvgIpc) is 2.40. The highest BCUT2D eigenvalue weighted by Crippen LogP contribution is 2.32. The largest absolute Gasteiger partial charge is 0.296 e. The first-order chi connectivity index (χ1) is 8.83. The second-order valence-corrected chi connectivity index (χ2v) is 6.95. The zero-order chi connectivity index (χ0) is 12.4. The van der Waals surface area contributed by atoms with Crippen LogP contribution in [0.2, 0.25) is 0 Å². The van der Waals surface area contributed by atoms with E-state index in [9.17, 15) is 0 Å². The van der Waals surface area contributed by atoms with Gasteiger partial charge in [0.15, 0.2) is 0 Å². The van der Waals surface area contributed by atoms with Gasteiger partial charge in [-0.3, -0.25) is 4.90 Å². The molecular formula is C15H21IN2. The van der Waals surface area contributed by atoms with Crippen LogP contribution >= 0.6 is 22.9 Å². The Bertz CT molecular complexity index is 381. The summed E-state index contributed by atoms with van der Waals surface area (Å²) < 4.78 is 2.48. The molecule has 2 saturated heterocycles. The summed E-state index contributed by atoms with van der Waals surface area (Å²) in [4.78, 5) is 2.73. The maximum absolute atomic E-state index is 2.73. The number of rotatable bonds is 2. The van der Waals surface area contributed by atoms with E-state index < -0.39 is 0 Å². The standard InChI is InChI=1S/C15H21IN2/c16-18-10-8-15-14(12-18)7-4-9-17(15)11-13-5-2-1-3-6-13/h1-3,5-6,14-15H,4,7-12H2. The third kappa shape index (κ3) is 2.89. The lowest BCUT2D eigenvalue weighted by molar-refractivity contribution is 0.0478. The molecular weight excluding hydrogens is 335 g/mol. The highest BCUT2D eigenvalue weighted by molar-refractivity contribution is 14.1. The average molecular weight is 356 g/mol. The lowest BCUT2D eigenvalue weighted by Crippen LogP contribution is -2.51. The Morgan fingerprint density at radius 2 is 1.94 bits per heavy atom. The Kier molecular flexibility index (Phi) is 4.21. The Morgan fingerprint density at radius 3 is 2.78 bits per heavy atom. The van der Waals surface area contributed by atoms with Gasteiger partial charge in [0.2, 0.25) is 0 Å². The van der Waals surface area contributed by atoms with Gasteiger partial charge < -0.3 is 0 Å². The number of hydrogen-bond donors (Lipinski definition) is 0. The van der Waals surface area contributed by atoms with E-state index in [1.807, 2.05) is 0 Å². The van der Waals surface area contributed by atoms with Crippen molar-refractivity contribution in [2.75, 3.05) is 19.6 Å².